The van der Waals surface area contributed by atoms with E-state index >= 15 is 4.39 Å². The molecule has 1 aromatic carbocycles. The number of carbonyl (C=O) groups excluding carboxylic acids is 2. The molecule has 2 aliphatic heterocycles. The summed E-state index contributed by atoms with van der Waals surface area (Å²) in [6.45, 7) is 5.92. The van der Waals surface area contributed by atoms with Gasteiger partial charge in [0.25, 0.3) is 5.56 Å². The number of pyridine rings is 2. The molecule has 0 bridgehead atoms. The van der Waals surface area contributed by atoms with E-state index in [4.69, 9.17) is 14.5 Å². The molecule has 0 saturated heterocycles. The van der Waals surface area contributed by atoms with E-state index in [0.717, 1.165) is 41.3 Å². The van der Waals surface area contributed by atoms with Gasteiger partial charge in [0.2, 0.25) is 5.91 Å². The standard InChI is InChI=1S/C32H34FN3O6/c1-4-10-41-28(16-6-7-16)29(37)35-22-9-8-17-15(3)21(33)12-23-25(17)26(22)18-13-36-24(27(18)34-23)11-20-19(30(36)38)14-42-31(39)32(20,40)5-2/h11-12,16,22,28,40H,4-10,13-14H2,1-3H3,(H,35,37)/t22-,28+,32-/m0/s1. The molecule has 10 heteroatoms. The molecule has 0 radical (unpaired) electrons. The molecule has 2 N–H and O–H groups in total. The number of benzene rings is 1. The first-order valence-corrected chi connectivity index (χ1v) is 14.9. The molecule has 0 unspecified atom stereocenters. The molecule has 3 aromatic rings. The summed E-state index contributed by atoms with van der Waals surface area (Å²) >= 11 is 0. The normalized spacial score (nSPS) is 22.8. The number of halogens is 1. The average molecular weight is 576 g/mol. The lowest BCUT2D eigenvalue weighted by molar-refractivity contribution is -0.172. The molecule has 1 amide bonds. The van der Waals surface area contributed by atoms with Gasteiger partial charge in [0.05, 0.1) is 35.1 Å². The average Bonchev–Trinajstić information content (AvgIpc) is 3.75. The van der Waals surface area contributed by atoms with Crippen molar-refractivity contribution in [1.29, 1.82) is 0 Å². The first-order valence-electron chi connectivity index (χ1n) is 14.9. The summed E-state index contributed by atoms with van der Waals surface area (Å²) in [5, 5.41) is 15.3. The van der Waals surface area contributed by atoms with Gasteiger partial charge in [-0.05, 0) is 74.1 Å². The number of hydrogen-bond acceptors (Lipinski definition) is 7. The second-order valence-electron chi connectivity index (χ2n) is 12.0. The van der Waals surface area contributed by atoms with Crippen LogP contribution in [0, 0.1) is 18.7 Å². The zero-order valence-electron chi connectivity index (χ0n) is 24.0. The van der Waals surface area contributed by atoms with Crippen LogP contribution in [0.3, 0.4) is 0 Å². The highest BCUT2D eigenvalue weighted by Gasteiger charge is 2.46. The van der Waals surface area contributed by atoms with Crippen LogP contribution in [0.2, 0.25) is 0 Å². The smallest absolute Gasteiger partial charge is 0.343 e. The third-order valence-corrected chi connectivity index (χ3v) is 9.50. The SMILES string of the molecule is CCCO[C@@H](C(=O)N[C@H]1CCc2c(C)c(F)cc3nc4c(c1c23)Cn1c-4cc2c(c1=O)COC(=O)[C@]2(O)CC)C1CC1. The molecule has 2 aromatic heterocycles. The van der Waals surface area contributed by atoms with Gasteiger partial charge >= 0.3 is 5.97 Å². The van der Waals surface area contributed by atoms with Crippen molar-refractivity contribution < 1.29 is 28.6 Å². The fraction of sp³-hybridized carbons (Fsp3) is 0.500. The number of ether oxygens (including phenoxy) is 2. The number of amides is 1. The van der Waals surface area contributed by atoms with Crippen LogP contribution >= 0.6 is 0 Å². The summed E-state index contributed by atoms with van der Waals surface area (Å²) in [6.07, 6.45) is 3.41. The summed E-state index contributed by atoms with van der Waals surface area (Å²) in [5.41, 5.74) is 2.60. The summed E-state index contributed by atoms with van der Waals surface area (Å²) in [6, 6.07) is 2.69. The Morgan fingerprint density at radius 2 is 2.02 bits per heavy atom. The van der Waals surface area contributed by atoms with E-state index in [1.165, 1.54) is 6.07 Å². The molecular weight excluding hydrogens is 541 g/mol. The Balaban J connectivity index is 1.40. The van der Waals surface area contributed by atoms with Crippen LogP contribution in [0.4, 0.5) is 4.39 Å². The van der Waals surface area contributed by atoms with Crippen molar-refractivity contribution in [1.82, 2.24) is 14.9 Å². The lowest BCUT2D eigenvalue weighted by atomic mass is 9.81. The minimum Gasteiger partial charge on any atom is -0.458 e. The second kappa shape index (κ2) is 9.70. The van der Waals surface area contributed by atoms with Crippen LogP contribution in [-0.2, 0) is 44.2 Å². The summed E-state index contributed by atoms with van der Waals surface area (Å²) in [5.74, 6) is -1.08. The molecule has 42 heavy (non-hydrogen) atoms. The third kappa shape index (κ3) is 3.87. The van der Waals surface area contributed by atoms with Gasteiger partial charge in [0.1, 0.15) is 18.5 Å². The largest absolute Gasteiger partial charge is 0.458 e. The van der Waals surface area contributed by atoms with E-state index in [1.807, 2.05) is 6.92 Å². The number of aliphatic hydroxyl groups is 1. The van der Waals surface area contributed by atoms with Gasteiger partial charge in [0.15, 0.2) is 5.60 Å². The number of aromatic nitrogens is 2. The van der Waals surface area contributed by atoms with E-state index < -0.39 is 17.7 Å². The first kappa shape index (κ1) is 27.2. The summed E-state index contributed by atoms with van der Waals surface area (Å²) < 4.78 is 27.9. The molecule has 9 nitrogen and oxygen atoms in total. The van der Waals surface area contributed by atoms with E-state index in [1.54, 1.807) is 24.5 Å². The minimum absolute atomic E-state index is 0.0369. The number of cyclic esters (lactones) is 1. The predicted molar refractivity (Wildman–Crippen MR) is 151 cm³/mol. The monoisotopic (exact) mass is 575 g/mol. The number of rotatable bonds is 7. The van der Waals surface area contributed by atoms with Gasteiger partial charge in [-0.1, -0.05) is 13.8 Å². The lowest BCUT2D eigenvalue weighted by Crippen LogP contribution is -2.44. The van der Waals surface area contributed by atoms with E-state index in [9.17, 15) is 19.5 Å². The third-order valence-electron chi connectivity index (χ3n) is 9.50. The fourth-order valence-electron chi connectivity index (χ4n) is 7.02. The molecule has 0 spiro atoms. The Bertz CT molecular complexity index is 1740. The summed E-state index contributed by atoms with van der Waals surface area (Å²) in [4.78, 5) is 44.8. The maximum atomic E-state index is 15.1. The zero-order chi connectivity index (χ0) is 29.5. The number of carbonyl (C=O) groups is 2. The van der Waals surface area contributed by atoms with Crippen molar-refractivity contribution in [3.05, 3.63) is 61.7 Å². The van der Waals surface area contributed by atoms with Crippen molar-refractivity contribution in [2.24, 2.45) is 5.92 Å². The maximum absolute atomic E-state index is 15.1. The predicted octanol–water partition coefficient (Wildman–Crippen LogP) is 3.84. The van der Waals surface area contributed by atoms with Crippen LogP contribution in [0.5, 0.6) is 0 Å². The van der Waals surface area contributed by atoms with Crippen LogP contribution in [0.25, 0.3) is 22.3 Å². The van der Waals surface area contributed by atoms with Crippen molar-refractivity contribution in [3.63, 3.8) is 0 Å². The molecule has 2 aliphatic carbocycles. The number of hydrogen-bond donors (Lipinski definition) is 2. The molecule has 1 saturated carbocycles. The van der Waals surface area contributed by atoms with Gasteiger partial charge in [-0.25, -0.2) is 14.2 Å². The number of fused-ring (bicyclic) bond motifs is 5. The van der Waals surface area contributed by atoms with Gasteiger partial charge in [-0.15, -0.1) is 0 Å². The van der Waals surface area contributed by atoms with Crippen LogP contribution in [0.15, 0.2) is 16.9 Å². The number of esters is 1. The highest BCUT2D eigenvalue weighted by molar-refractivity contribution is 5.94. The van der Waals surface area contributed by atoms with Crippen molar-refractivity contribution in [2.75, 3.05) is 6.61 Å². The number of nitrogens with zero attached hydrogens (tertiary/aromatic N) is 2. The Labute approximate surface area is 242 Å². The zero-order valence-corrected chi connectivity index (χ0v) is 24.0. The highest BCUT2D eigenvalue weighted by atomic mass is 19.1. The molecule has 4 heterocycles. The van der Waals surface area contributed by atoms with Crippen molar-refractivity contribution >= 4 is 22.8 Å². The van der Waals surface area contributed by atoms with Gasteiger partial charge in [-0.2, -0.15) is 0 Å². The maximum Gasteiger partial charge on any atom is 0.343 e. The number of nitrogens with one attached hydrogen (secondary N) is 1. The Kier molecular flexibility index (Phi) is 6.29. The quantitative estimate of drug-likeness (QED) is 0.322. The van der Waals surface area contributed by atoms with E-state index in [2.05, 4.69) is 5.32 Å². The van der Waals surface area contributed by atoms with Crippen molar-refractivity contribution in [3.8, 4) is 11.4 Å². The molecule has 7 rings (SSSR count). The van der Waals surface area contributed by atoms with Gasteiger partial charge < -0.3 is 24.5 Å². The van der Waals surface area contributed by atoms with Crippen molar-refractivity contribution in [2.45, 2.75) is 90.2 Å². The van der Waals surface area contributed by atoms with Crippen LogP contribution < -0.4 is 10.9 Å². The first-order chi connectivity index (χ1) is 20.2. The van der Waals surface area contributed by atoms with Crippen LogP contribution in [0.1, 0.15) is 85.4 Å². The molecule has 1 fully saturated rings. The van der Waals surface area contributed by atoms with Gasteiger partial charge in [0, 0.05) is 29.2 Å². The Hall–Kier alpha value is -3.63. The summed E-state index contributed by atoms with van der Waals surface area (Å²) in [7, 11) is 0. The van der Waals surface area contributed by atoms with E-state index in [0.29, 0.717) is 41.9 Å². The fourth-order valence-corrected chi connectivity index (χ4v) is 7.02. The second-order valence-corrected chi connectivity index (χ2v) is 12.0. The highest BCUT2D eigenvalue weighted by Crippen LogP contribution is 2.46. The van der Waals surface area contributed by atoms with Gasteiger partial charge in [-0.3, -0.25) is 9.59 Å². The topological polar surface area (TPSA) is 120 Å². The molecule has 220 valence electrons. The Morgan fingerprint density at radius 3 is 2.74 bits per heavy atom. The Morgan fingerprint density at radius 1 is 1.24 bits per heavy atom. The molecule has 4 aliphatic rings. The lowest BCUT2D eigenvalue weighted by Gasteiger charge is -2.31. The molecular formula is C32H34FN3O6. The minimum atomic E-state index is -1.95. The van der Waals surface area contributed by atoms with Crippen LogP contribution in [-0.4, -0.2) is 39.2 Å². The van der Waals surface area contributed by atoms with E-state index in [-0.39, 0.29) is 59.9 Å². The number of aryl methyl sites for hydroxylation is 1. The molecule has 3 atom stereocenters.